The summed E-state index contributed by atoms with van der Waals surface area (Å²) < 4.78 is 42.5. The molecule has 1 aliphatic rings. The van der Waals surface area contributed by atoms with Gasteiger partial charge in [0.1, 0.15) is 5.75 Å². The molecule has 0 unspecified atom stereocenters. The van der Waals surface area contributed by atoms with Crippen LogP contribution in [-0.4, -0.2) is 49.9 Å². The van der Waals surface area contributed by atoms with E-state index >= 15 is 0 Å². The quantitative estimate of drug-likeness (QED) is 0.819. The van der Waals surface area contributed by atoms with Crippen LogP contribution in [0.15, 0.2) is 18.2 Å². The molecular formula is C17H24F3N3O2. The lowest BCUT2D eigenvalue weighted by atomic mass is 10.1. The van der Waals surface area contributed by atoms with E-state index in [9.17, 15) is 18.0 Å². The average Bonchev–Trinajstić information content (AvgIpc) is 2.94. The summed E-state index contributed by atoms with van der Waals surface area (Å²) in [4.78, 5) is 13.4. The molecule has 2 N–H and O–H groups in total. The molecule has 1 saturated heterocycles. The maximum Gasteiger partial charge on any atom is 0.401 e. The first-order chi connectivity index (χ1) is 11.8. The van der Waals surface area contributed by atoms with Gasteiger partial charge in [0, 0.05) is 18.8 Å². The maximum absolute atomic E-state index is 12.4. The van der Waals surface area contributed by atoms with Crippen LogP contribution in [0.4, 0.5) is 23.7 Å². The van der Waals surface area contributed by atoms with Gasteiger partial charge in [0.25, 0.3) is 0 Å². The number of carbonyl (C=O) groups is 1. The van der Waals surface area contributed by atoms with Gasteiger partial charge in [-0.1, -0.05) is 0 Å². The van der Waals surface area contributed by atoms with Gasteiger partial charge >= 0.3 is 12.2 Å². The molecule has 8 heteroatoms. The maximum atomic E-state index is 12.4. The third kappa shape index (κ3) is 6.45. The van der Waals surface area contributed by atoms with Crippen LogP contribution in [0.5, 0.6) is 5.75 Å². The van der Waals surface area contributed by atoms with Gasteiger partial charge in [0.05, 0.1) is 13.2 Å². The van der Waals surface area contributed by atoms with Gasteiger partial charge in [-0.2, -0.15) is 13.2 Å². The number of rotatable bonds is 6. The van der Waals surface area contributed by atoms with Gasteiger partial charge < -0.3 is 15.4 Å². The number of benzene rings is 1. The van der Waals surface area contributed by atoms with Crippen molar-refractivity contribution in [1.29, 1.82) is 0 Å². The Morgan fingerprint density at radius 2 is 2.16 bits per heavy atom. The Bertz CT molecular complexity index is 593. The lowest BCUT2D eigenvalue weighted by Crippen LogP contribution is -2.36. The summed E-state index contributed by atoms with van der Waals surface area (Å²) in [6.07, 6.45) is -3.52. The number of aryl methyl sites for hydroxylation is 1. The Kier molecular flexibility index (Phi) is 6.52. The molecule has 140 valence electrons. The number of anilines is 1. The molecule has 0 saturated carbocycles. The van der Waals surface area contributed by atoms with E-state index in [-0.39, 0.29) is 11.9 Å². The van der Waals surface area contributed by atoms with Crippen LogP contribution in [0.1, 0.15) is 18.9 Å². The summed E-state index contributed by atoms with van der Waals surface area (Å²) in [7, 11) is 0. The van der Waals surface area contributed by atoms with E-state index in [1.165, 1.54) is 4.90 Å². The number of halogens is 3. The Morgan fingerprint density at radius 3 is 2.80 bits per heavy atom. The Labute approximate surface area is 145 Å². The van der Waals surface area contributed by atoms with E-state index in [0.29, 0.717) is 38.3 Å². The first-order valence-corrected chi connectivity index (χ1v) is 8.34. The van der Waals surface area contributed by atoms with E-state index < -0.39 is 12.7 Å². The van der Waals surface area contributed by atoms with Crippen molar-refractivity contribution in [2.45, 2.75) is 26.4 Å². The molecule has 2 rings (SSSR count). The minimum absolute atomic E-state index is 0.0366. The SMILES string of the molecule is CCOc1ccc(NC(=O)NC[C@H]2CCN(CC(F)(F)F)C2)c(C)c1. The molecule has 1 aromatic carbocycles. The molecule has 1 fully saturated rings. The number of alkyl halides is 3. The minimum Gasteiger partial charge on any atom is -0.494 e. The summed E-state index contributed by atoms with van der Waals surface area (Å²) in [5.74, 6) is 0.774. The molecule has 0 radical (unpaired) electrons. The molecule has 1 atom stereocenters. The number of nitrogens with zero attached hydrogens (tertiary/aromatic N) is 1. The van der Waals surface area contributed by atoms with Crippen molar-refractivity contribution < 1.29 is 22.7 Å². The highest BCUT2D eigenvalue weighted by Crippen LogP contribution is 2.23. The molecule has 0 aromatic heterocycles. The van der Waals surface area contributed by atoms with E-state index in [1.54, 1.807) is 12.1 Å². The normalized spacial score (nSPS) is 18.2. The number of likely N-dealkylation sites (tertiary alicyclic amines) is 1. The number of nitrogens with one attached hydrogen (secondary N) is 2. The number of hydrogen-bond acceptors (Lipinski definition) is 3. The van der Waals surface area contributed by atoms with Gasteiger partial charge in [0.15, 0.2) is 0 Å². The van der Waals surface area contributed by atoms with Crippen molar-refractivity contribution in [3.8, 4) is 5.75 Å². The van der Waals surface area contributed by atoms with Crippen LogP contribution in [0.25, 0.3) is 0 Å². The second-order valence-corrected chi connectivity index (χ2v) is 6.25. The lowest BCUT2D eigenvalue weighted by molar-refractivity contribution is -0.143. The Balaban J connectivity index is 1.76. The third-order valence-electron chi connectivity index (χ3n) is 4.08. The van der Waals surface area contributed by atoms with E-state index in [0.717, 1.165) is 11.3 Å². The number of carbonyl (C=O) groups excluding carboxylic acids is 1. The van der Waals surface area contributed by atoms with E-state index in [1.807, 2.05) is 19.9 Å². The number of urea groups is 1. The third-order valence-corrected chi connectivity index (χ3v) is 4.08. The summed E-state index contributed by atoms with van der Waals surface area (Å²) in [5.41, 5.74) is 1.55. The molecule has 0 spiro atoms. The number of ether oxygens (including phenoxy) is 1. The molecular weight excluding hydrogens is 335 g/mol. The highest BCUT2D eigenvalue weighted by molar-refractivity contribution is 5.90. The fraction of sp³-hybridized carbons (Fsp3) is 0.588. The highest BCUT2D eigenvalue weighted by Gasteiger charge is 2.34. The fourth-order valence-corrected chi connectivity index (χ4v) is 2.91. The Hall–Kier alpha value is -1.96. The zero-order chi connectivity index (χ0) is 18.4. The molecule has 2 amide bonds. The summed E-state index contributed by atoms with van der Waals surface area (Å²) in [5, 5.41) is 5.49. The van der Waals surface area contributed by atoms with Crippen molar-refractivity contribution in [1.82, 2.24) is 10.2 Å². The first kappa shape index (κ1) is 19.4. The van der Waals surface area contributed by atoms with Gasteiger partial charge in [-0.25, -0.2) is 4.79 Å². The molecule has 1 aromatic rings. The molecule has 5 nitrogen and oxygen atoms in total. The Morgan fingerprint density at radius 1 is 1.40 bits per heavy atom. The van der Waals surface area contributed by atoms with E-state index in [2.05, 4.69) is 10.6 Å². The van der Waals surface area contributed by atoms with Gasteiger partial charge in [0.2, 0.25) is 0 Å². The zero-order valence-electron chi connectivity index (χ0n) is 14.4. The molecule has 0 bridgehead atoms. The molecule has 1 heterocycles. The van der Waals surface area contributed by atoms with Crippen molar-refractivity contribution >= 4 is 11.7 Å². The van der Waals surface area contributed by atoms with Gasteiger partial charge in [-0.05, 0) is 56.5 Å². The van der Waals surface area contributed by atoms with Crippen LogP contribution in [-0.2, 0) is 0 Å². The molecule has 0 aliphatic carbocycles. The lowest BCUT2D eigenvalue weighted by Gasteiger charge is -2.18. The monoisotopic (exact) mass is 359 g/mol. The zero-order valence-corrected chi connectivity index (χ0v) is 14.4. The molecule has 1 aliphatic heterocycles. The standard InChI is InChI=1S/C17H24F3N3O2/c1-3-25-14-4-5-15(12(2)8-14)22-16(24)21-9-13-6-7-23(10-13)11-17(18,19)20/h4-5,8,13H,3,6-7,9-11H2,1-2H3,(H2,21,22,24)/t13-/m1/s1. The predicted octanol–water partition coefficient (Wildman–Crippen LogP) is 3.40. The number of amides is 2. The second kappa shape index (κ2) is 8.42. The average molecular weight is 359 g/mol. The number of hydrogen-bond donors (Lipinski definition) is 2. The smallest absolute Gasteiger partial charge is 0.401 e. The van der Waals surface area contributed by atoms with Crippen molar-refractivity contribution in [3.05, 3.63) is 23.8 Å². The first-order valence-electron chi connectivity index (χ1n) is 8.34. The van der Waals surface area contributed by atoms with Crippen molar-refractivity contribution in [2.24, 2.45) is 5.92 Å². The van der Waals surface area contributed by atoms with Crippen molar-refractivity contribution in [3.63, 3.8) is 0 Å². The summed E-state index contributed by atoms with van der Waals surface area (Å²) in [6.45, 7) is 4.56. The van der Waals surface area contributed by atoms with Crippen LogP contribution in [0.3, 0.4) is 0 Å². The second-order valence-electron chi connectivity index (χ2n) is 6.25. The fourth-order valence-electron chi connectivity index (χ4n) is 2.91. The summed E-state index contributed by atoms with van der Waals surface area (Å²) >= 11 is 0. The highest BCUT2D eigenvalue weighted by atomic mass is 19.4. The van der Waals surface area contributed by atoms with Gasteiger partial charge in [-0.15, -0.1) is 0 Å². The predicted molar refractivity (Wildman–Crippen MR) is 90.0 cm³/mol. The van der Waals surface area contributed by atoms with Crippen LogP contribution < -0.4 is 15.4 Å². The van der Waals surface area contributed by atoms with E-state index in [4.69, 9.17) is 4.74 Å². The largest absolute Gasteiger partial charge is 0.494 e. The summed E-state index contributed by atoms with van der Waals surface area (Å²) in [6, 6.07) is 5.02. The van der Waals surface area contributed by atoms with Crippen LogP contribution in [0, 0.1) is 12.8 Å². The van der Waals surface area contributed by atoms with Crippen LogP contribution >= 0.6 is 0 Å². The van der Waals surface area contributed by atoms with Gasteiger partial charge in [-0.3, -0.25) is 4.90 Å². The van der Waals surface area contributed by atoms with Crippen LogP contribution in [0.2, 0.25) is 0 Å². The topological polar surface area (TPSA) is 53.6 Å². The molecule has 25 heavy (non-hydrogen) atoms. The minimum atomic E-state index is -4.18. The van der Waals surface area contributed by atoms with Crippen molar-refractivity contribution in [2.75, 3.05) is 38.1 Å².